The molecule has 17 heavy (non-hydrogen) atoms. The summed E-state index contributed by atoms with van der Waals surface area (Å²) in [5, 5.41) is 4.79. The summed E-state index contributed by atoms with van der Waals surface area (Å²) in [4.78, 5) is 7.19. The zero-order valence-corrected chi connectivity index (χ0v) is 12.1. The smallest absolute Gasteiger partial charge is 0.156 e. The Bertz CT molecular complexity index is 292. The second-order valence-corrected chi connectivity index (χ2v) is 6.78. The maximum Gasteiger partial charge on any atom is 0.156 e. The van der Waals surface area contributed by atoms with Gasteiger partial charge in [-0.25, -0.2) is 0 Å². The number of hydrogen-bond donors (Lipinski definition) is 1. The van der Waals surface area contributed by atoms with Crippen molar-refractivity contribution in [3.63, 3.8) is 0 Å². The van der Waals surface area contributed by atoms with E-state index >= 15 is 0 Å². The lowest BCUT2D eigenvalue weighted by molar-refractivity contribution is 0.387. The maximum absolute atomic E-state index is 4.78. The van der Waals surface area contributed by atoms with Gasteiger partial charge < -0.3 is 10.2 Å². The zero-order valence-electron chi connectivity index (χ0n) is 11.3. The molecule has 2 saturated heterocycles. The van der Waals surface area contributed by atoms with Gasteiger partial charge in [0.25, 0.3) is 0 Å². The Balaban J connectivity index is 1.84. The first-order chi connectivity index (χ1) is 8.11. The quantitative estimate of drug-likeness (QED) is 0.838. The van der Waals surface area contributed by atoms with Crippen LogP contribution in [0.5, 0.6) is 0 Å². The molecule has 0 amide bonds. The van der Waals surface area contributed by atoms with E-state index in [0.717, 1.165) is 12.5 Å². The Hall–Kier alpha value is -0.220. The normalized spacial score (nSPS) is 37.4. The number of nitrogens with one attached hydrogen (secondary N) is 1. The van der Waals surface area contributed by atoms with Crippen LogP contribution in [0.15, 0.2) is 4.99 Å². The van der Waals surface area contributed by atoms with Gasteiger partial charge in [0.15, 0.2) is 5.17 Å². The molecule has 3 nitrogen and oxygen atoms in total. The van der Waals surface area contributed by atoms with Gasteiger partial charge in [0.2, 0.25) is 0 Å². The number of hydrogen-bond acceptors (Lipinski definition) is 3. The van der Waals surface area contributed by atoms with Crippen molar-refractivity contribution in [3.05, 3.63) is 0 Å². The van der Waals surface area contributed by atoms with Crippen molar-refractivity contribution in [2.45, 2.75) is 38.6 Å². The van der Waals surface area contributed by atoms with Crippen LogP contribution in [0.1, 0.15) is 33.1 Å². The summed E-state index contributed by atoms with van der Waals surface area (Å²) in [5.74, 6) is 1.98. The molecule has 0 radical (unpaired) electrons. The van der Waals surface area contributed by atoms with Gasteiger partial charge in [0.1, 0.15) is 0 Å². The fourth-order valence-corrected chi connectivity index (χ4v) is 3.70. The highest BCUT2D eigenvalue weighted by Gasteiger charge is 2.27. The predicted octanol–water partition coefficient (Wildman–Crippen LogP) is 2.19. The Morgan fingerprint density at radius 1 is 1.59 bits per heavy atom. The molecule has 0 saturated carbocycles. The fourth-order valence-electron chi connectivity index (χ4n) is 2.47. The van der Waals surface area contributed by atoms with Gasteiger partial charge in [-0.1, -0.05) is 18.7 Å². The van der Waals surface area contributed by atoms with Gasteiger partial charge >= 0.3 is 0 Å². The highest BCUT2D eigenvalue weighted by atomic mass is 32.2. The van der Waals surface area contributed by atoms with Crippen LogP contribution in [0.25, 0.3) is 0 Å². The van der Waals surface area contributed by atoms with Gasteiger partial charge in [-0.05, 0) is 45.7 Å². The van der Waals surface area contributed by atoms with E-state index in [9.17, 15) is 0 Å². The number of nitrogens with zero attached hydrogens (tertiary/aromatic N) is 2. The molecule has 2 unspecified atom stereocenters. The van der Waals surface area contributed by atoms with Gasteiger partial charge in [0.05, 0.1) is 0 Å². The molecule has 0 aliphatic carbocycles. The lowest BCUT2D eigenvalue weighted by Gasteiger charge is -2.35. The molecule has 2 rings (SSSR count). The van der Waals surface area contributed by atoms with Crippen molar-refractivity contribution in [3.8, 4) is 0 Å². The molecular formula is C13H25N3S. The first-order valence-electron chi connectivity index (χ1n) is 6.75. The van der Waals surface area contributed by atoms with Crippen LogP contribution in [0.2, 0.25) is 0 Å². The van der Waals surface area contributed by atoms with Crippen LogP contribution in [0, 0.1) is 5.92 Å². The van der Waals surface area contributed by atoms with E-state index in [1.165, 1.54) is 43.3 Å². The van der Waals surface area contributed by atoms with E-state index in [0.29, 0.717) is 0 Å². The van der Waals surface area contributed by atoms with Crippen molar-refractivity contribution in [2.24, 2.45) is 10.9 Å². The Labute approximate surface area is 109 Å². The molecule has 0 aromatic heterocycles. The van der Waals surface area contributed by atoms with Crippen molar-refractivity contribution in [2.75, 3.05) is 32.4 Å². The maximum atomic E-state index is 4.78. The predicted molar refractivity (Wildman–Crippen MR) is 76.8 cm³/mol. The highest BCUT2D eigenvalue weighted by molar-refractivity contribution is 8.13. The largest absolute Gasteiger partial charge is 0.360 e. The molecule has 2 aliphatic heterocycles. The minimum absolute atomic E-state index is 0.274. The molecule has 0 aromatic carbocycles. The third-order valence-corrected chi connectivity index (χ3v) is 4.98. The summed E-state index contributed by atoms with van der Waals surface area (Å²) in [7, 11) is 2.20. The molecule has 0 bridgehead atoms. The van der Waals surface area contributed by atoms with Crippen LogP contribution in [-0.2, 0) is 0 Å². The molecule has 4 heteroatoms. The number of rotatable bonds is 3. The third kappa shape index (κ3) is 3.62. The second kappa shape index (κ2) is 5.61. The summed E-state index contributed by atoms with van der Waals surface area (Å²) in [6.45, 7) is 8.02. The fraction of sp³-hybridized carbons (Fsp3) is 0.923. The SMILES string of the molecule is CCC1(C)CCSC(=NCC2CCN(C)C2)N1. The van der Waals surface area contributed by atoms with E-state index in [2.05, 4.69) is 31.1 Å². The van der Waals surface area contributed by atoms with Crippen LogP contribution in [0.3, 0.4) is 0 Å². The van der Waals surface area contributed by atoms with Crippen molar-refractivity contribution in [1.29, 1.82) is 0 Å². The number of amidine groups is 1. The lowest BCUT2D eigenvalue weighted by Crippen LogP contribution is -2.48. The molecule has 2 fully saturated rings. The first kappa shape index (κ1) is 13.2. The van der Waals surface area contributed by atoms with E-state index < -0.39 is 0 Å². The monoisotopic (exact) mass is 255 g/mol. The Kier molecular flexibility index (Phi) is 4.36. The molecule has 2 atom stereocenters. The highest BCUT2D eigenvalue weighted by Crippen LogP contribution is 2.25. The molecule has 0 aromatic rings. The third-order valence-electron chi connectivity index (χ3n) is 4.06. The van der Waals surface area contributed by atoms with Crippen molar-refractivity contribution >= 4 is 16.9 Å². The van der Waals surface area contributed by atoms with E-state index in [1.807, 2.05) is 11.8 Å². The van der Waals surface area contributed by atoms with Gasteiger partial charge in [-0.3, -0.25) is 4.99 Å². The molecule has 98 valence electrons. The summed E-state index contributed by atoms with van der Waals surface area (Å²) in [6.07, 6.45) is 3.74. The average Bonchev–Trinajstić information content (AvgIpc) is 2.73. The minimum atomic E-state index is 0.274. The van der Waals surface area contributed by atoms with Crippen LogP contribution in [0.4, 0.5) is 0 Å². The average molecular weight is 255 g/mol. The standard InChI is InChI=1S/C13H25N3S/c1-4-13(2)6-8-17-12(15-13)14-9-11-5-7-16(3)10-11/h11H,4-10H2,1-3H3,(H,14,15). The van der Waals surface area contributed by atoms with Gasteiger partial charge in [0, 0.05) is 24.4 Å². The summed E-state index contributed by atoms with van der Waals surface area (Å²) in [5.41, 5.74) is 0.274. The summed E-state index contributed by atoms with van der Waals surface area (Å²) < 4.78 is 0. The van der Waals surface area contributed by atoms with E-state index in [1.54, 1.807) is 0 Å². The first-order valence-corrected chi connectivity index (χ1v) is 7.74. The Morgan fingerprint density at radius 3 is 3.06 bits per heavy atom. The molecule has 1 N–H and O–H groups in total. The summed E-state index contributed by atoms with van der Waals surface area (Å²) >= 11 is 1.89. The van der Waals surface area contributed by atoms with E-state index in [-0.39, 0.29) is 5.54 Å². The van der Waals surface area contributed by atoms with E-state index in [4.69, 9.17) is 4.99 Å². The molecular weight excluding hydrogens is 230 g/mol. The molecule has 0 spiro atoms. The zero-order chi connectivity index (χ0) is 12.3. The van der Waals surface area contributed by atoms with Crippen LogP contribution < -0.4 is 5.32 Å². The van der Waals surface area contributed by atoms with Crippen LogP contribution >= 0.6 is 11.8 Å². The minimum Gasteiger partial charge on any atom is -0.360 e. The lowest BCUT2D eigenvalue weighted by atomic mass is 9.96. The molecule has 2 aliphatic rings. The second-order valence-electron chi connectivity index (χ2n) is 5.70. The Morgan fingerprint density at radius 2 is 2.41 bits per heavy atom. The number of aliphatic imine (C=N–C) groups is 1. The van der Waals surface area contributed by atoms with Gasteiger partial charge in [-0.2, -0.15) is 0 Å². The van der Waals surface area contributed by atoms with Crippen molar-refractivity contribution in [1.82, 2.24) is 10.2 Å². The van der Waals surface area contributed by atoms with Crippen LogP contribution in [-0.4, -0.2) is 48.0 Å². The summed E-state index contributed by atoms with van der Waals surface area (Å²) in [6, 6.07) is 0. The number of likely N-dealkylation sites (tertiary alicyclic amines) is 1. The van der Waals surface area contributed by atoms with Crippen molar-refractivity contribution < 1.29 is 0 Å². The topological polar surface area (TPSA) is 27.6 Å². The molecule has 2 heterocycles. The number of thioether (sulfide) groups is 1. The van der Waals surface area contributed by atoms with Gasteiger partial charge in [-0.15, -0.1) is 0 Å².